The Morgan fingerprint density at radius 1 is 1.47 bits per heavy atom. The van der Waals surface area contributed by atoms with Gasteiger partial charge in [0.05, 0.1) is 0 Å². The van der Waals surface area contributed by atoms with Crippen LogP contribution in [0.3, 0.4) is 0 Å². The molecule has 1 heterocycles. The van der Waals surface area contributed by atoms with Crippen LogP contribution in [0.2, 0.25) is 0 Å². The highest BCUT2D eigenvalue weighted by atomic mass is 79.9. The molecule has 1 rings (SSSR count). The lowest BCUT2D eigenvalue weighted by atomic mass is 10.0. The maximum absolute atomic E-state index is 3.62. The van der Waals surface area contributed by atoms with Gasteiger partial charge in [-0.1, -0.05) is 20.8 Å². The maximum atomic E-state index is 3.62. The molecule has 1 aromatic rings. The van der Waals surface area contributed by atoms with Gasteiger partial charge in [0, 0.05) is 20.3 Å². The second-order valence-corrected chi connectivity index (χ2v) is 6.37. The van der Waals surface area contributed by atoms with Crippen molar-refractivity contribution in [3.8, 4) is 0 Å². The topological polar surface area (TPSA) is 12.0 Å². The monoisotopic (exact) mass is 289 g/mol. The molecule has 0 spiro atoms. The van der Waals surface area contributed by atoms with Gasteiger partial charge in [-0.15, -0.1) is 11.3 Å². The highest BCUT2D eigenvalue weighted by Crippen LogP contribution is 2.33. The lowest BCUT2D eigenvalue weighted by Gasteiger charge is -2.20. The molecule has 86 valence electrons. The van der Waals surface area contributed by atoms with Crippen LogP contribution in [0.5, 0.6) is 0 Å². The fraction of sp³-hybridized carbons (Fsp3) is 0.667. The van der Waals surface area contributed by atoms with Crippen molar-refractivity contribution in [2.75, 3.05) is 6.54 Å². The lowest BCUT2D eigenvalue weighted by molar-refractivity contribution is 0.418. The van der Waals surface area contributed by atoms with Crippen LogP contribution in [0.25, 0.3) is 0 Å². The van der Waals surface area contributed by atoms with Gasteiger partial charge in [0.1, 0.15) is 0 Å². The van der Waals surface area contributed by atoms with Gasteiger partial charge in [-0.3, -0.25) is 0 Å². The second kappa shape index (κ2) is 6.02. The molecule has 0 fully saturated rings. The van der Waals surface area contributed by atoms with Crippen molar-refractivity contribution in [3.05, 3.63) is 20.3 Å². The average Bonchev–Trinajstić information content (AvgIpc) is 2.47. The smallest absolute Gasteiger partial charge is 0.0438 e. The quantitative estimate of drug-likeness (QED) is 0.841. The predicted octanol–water partition coefficient (Wildman–Crippen LogP) is 4.52. The van der Waals surface area contributed by atoms with Crippen molar-refractivity contribution in [2.45, 2.75) is 40.2 Å². The Morgan fingerprint density at radius 2 is 2.13 bits per heavy atom. The number of nitrogens with one attached hydrogen (secondary N) is 1. The SMILES string of the molecule is CCCNC(c1cc(Br)c(C)s1)C(C)C. The molecule has 0 saturated heterocycles. The Labute approximate surface area is 105 Å². The number of rotatable bonds is 5. The molecule has 3 heteroatoms. The van der Waals surface area contributed by atoms with Crippen molar-refractivity contribution in [1.29, 1.82) is 0 Å². The van der Waals surface area contributed by atoms with Crippen LogP contribution in [0.4, 0.5) is 0 Å². The zero-order valence-corrected chi connectivity index (χ0v) is 12.3. The van der Waals surface area contributed by atoms with E-state index in [0.717, 1.165) is 6.54 Å². The van der Waals surface area contributed by atoms with Gasteiger partial charge >= 0.3 is 0 Å². The van der Waals surface area contributed by atoms with Crippen molar-refractivity contribution in [2.24, 2.45) is 5.92 Å². The van der Waals surface area contributed by atoms with E-state index in [4.69, 9.17) is 0 Å². The number of thiophene rings is 1. The van der Waals surface area contributed by atoms with E-state index >= 15 is 0 Å². The summed E-state index contributed by atoms with van der Waals surface area (Å²) in [4.78, 5) is 2.82. The van der Waals surface area contributed by atoms with Crippen LogP contribution >= 0.6 is 27.3 Å². The fourth-order valence-electron chi connectivity index (χ4n) is 1.60. The summed E-state index contributed by atoms with van der Waals surface area (Å²) in [6.45, 7) is 10.0. The molecule has 1 N–H and O–H groups in total. The molecular weight excluding hydrogens is 270 g/mol. The molecule has 0 aliphatic carbocycles. The van der Waals surface area contributed by atoms with Gasteiger partial charge in [0.2, 0.25) is 0 Å². The number of halogens is 1. The first kappa shape index (κ1) is 13.2. The van der Waals surface area contributed by atoms with Gasteiger partial charge in [-0.25, -0.2) is 0 Å². The highest BCUT2D eigenvalue weighted by Gasteiger charge is 2.17. The van der Waals surface area contributed by atoms with Crippen molar-refractivity contribution < 1.29 is 0 Å². The molecule has 0 aliphatic heterocycles. The molecule has 0 aliphatic rings. The van der Waals surface area contributed by atoms with Crippen LogP contribution in [0, 0.1) is 12.8 Å². The zero-order valence-electron chi connectivity index (χ0n) is 9.93. The summed E-state index contributed by atoms with van der Waals surface area (Å²) in [5, 5.41) is 3.62. The van der Waals surface area contributed by atoms with Gasteiger partial charge in [0.25, 0.3) is 0 Å². The first-order valence-corrected chi connectivity index (χ1v) is 7.16. The average molecular weight is 290 g/mol. The number of hydrogen-bond donors (Lipinski definition) is 1. The minimum Gasteiger partial charge on any atom is -0.309 e. The largest absolute Gasteiger partial charge is 0.309 e. The van der Waals surface area contributed by atoms with E-state index in [-0.39, 0.29) is 0 Å². The molecule has 1 atom stereocenters. The minimum absolute atomic E-state index is 0.500. The molecule has 0 amide bonds. The Bertz CT molecular complexity index is 287. The summed E-state index contributed by atoms with van der Waals surface area (Å²) >= 11 is 5.48. The Hall–Kier alpha value is 0.140. The van der Waals surface area contributed by atoms with E-state index in [1.54, 1.807) is 0 Å². The molecule has 1 aromatic heterocycles. The third-order valence-corrected chi connectivity index (χ3v) is 4.68. The van der Waals surface area contributed by atoms with Crippen LogP contribution < -0.4 is 5.32 Å². The van der Waals surface area contributed by atoms with Gasteiger partial charge in [0.15, 0.2) is 0 Å². The van der Waals surface area contributed by atoms with Gasteiger partial charge < -0.3 is 5.32 Å². The molecule has 0 bridgehead atoms. The van der Waals surface area contributed by atoms with Gasteiger partial charge in [-0.05, 0) is 47.8 Å². The minimum atomic E-state index is 0.500. The third kappa shape index (κ3) is 3.58. The fourth-order valence-corrected chi connectivity index (χ4v) is 3.41. The van der Waals surface area contributed by atoms with Crippen LogP contribution in [0.1, 0.15) is 43.0 Å². The standard InChI is InChI=1S/C12H20BrNS/c1-5-6-14-12(8(2)3)11-7-10(13)9(4)15-11/h7-8,12,14H,5-6H2,1-4H3. The summed E-state index contributed by atoms with van der Waals surface area (Å²) < 4.78 is 1.24. The van der Waals surface area contributed by atoms with E-state index < -0.39 is 0 Å². The molecular formula is C12H20BrNS. The van der Waals surface area contributed by atoms with Gasteiger partial charge in [-0.2, -0.15) is 0 Å². The van der Waals surface area contributed by atoms with Crippen molar-refractivity contribution >= 4 is 27.3 Å². The molecule has 1 nitrogen and oxygen atoms in total. The molecule has 15 heavy (non-hydrogen) atoms. The first-order chi connectivity index (χ1) is 7.06. The first-order valence-electron chi connectivity index (χ1n) is 5.55. The van der Waals surface area contributed by atoms with Crippen molar-refractivity contribution in [3.63, 3.8) is 0 Å². The number of hydrogen-bond acceptors (Lipinski definition) is 2. The predicted molar refractivity (Wildman–Crippen MR) is 72.6 cm³/mol. The number of aryl methyl sites for hydroxylation is 1. The summed E-state index contributed by atoms with van der Waals surface area (Å²) in [6.07, 6.45) is 1.19. The normalized spacial score (nSPS) is 13.5. The van der Waals surface area contributed by atoms with E-state index in [1.807, 2.05) is 11.3 Å². The maximum Gasteiger partial charge on any atom is 0.0438 e. The molecule has 1 unspecified atom stereocenters. The second-order valence-electron chi connectivity index (χ2n) is 4.23. The summed E-state index contributed by atoms with van der Waals surface area (Å²) in [7, 11) is 0. The Balaban J connectivity index is 2.79. The molecule has 0 saturated carbocycles. The summed E-state index contributed by atoms with van der Waals surface area (Å²) in [6, 6.07) is 2.76. The summed E-state index contributed by atoms with van der Waals surface area (Å²) in [5.74, 6) is 0.640. The summed E-state index contributed by atoms with van der Waals surface area (Å²) in [5.41, 5.74) is 0. The van der Waals surface area contributed by atoms with E-state index in [9.17, 15) is 0 Å². The Kier molecular flexibility index (Phi) is 5.30. The Morgan fingerprint density at radius 3 is 2.53 bits per heavy atom. The van der Waals surface area contributed by atoms with E-state index in [0.29, 0.717) is 12.0 Å². The zero-order chi connectivity index (χ0) is 11.4. The molecule has 0 radical (unpaired) electrons. The third-order valence-electron chi connectivity index (χ3n) is 2.46. The lowest BCUT2D eigenvalue weighted by Crippen LogP contribution is -2.25. The van der Waals surface area contributed by atoms with Crippen LogP contribution in [0.15, 0.2) is 10.5 Å². The van der Waals surface area contributed by atoms with Crippen LogP contribution in [-0.4, -0.2) is 6.54 Å². The van der Waals surface area contributed by atoms with E-state index in [1.165, 1.54) is 20.6 Å². The molecule has 0 aromatic carbocycles. The highest BCUT2D eigenvalue weighted by molar-refractivity contribution is 9.10. The van der Waals surface area contributed by atoms with Crippen LogP contribution in [-0.2, 0) is 0 Å². The van der Waals surface area contributed by atoms with E-state index in [2.05, 4.69) is 55.0 Å². The van der Waals surface area contributed by atoms with Crippen molar-refractivity contribution in [1.82, 2.24) is 5.32 Å².